The van der Waals surface area contributed by atoms with Gasteiger partial charge in [-0.15, -0.1) is 0 Å². The second-order valence-corrected chi connectivity index (χ2v) is 6.13. The van der Waals surface area contributed by atoms with Crippen LogP contribution >= 0.6 is 0 Å². The van der Waals surface area contributed by atoms with Gasteiger partial charge in [0.2, 0.25) is 0 Å². The van der Waals surface area contributed by atoms with Crippen LogP contribution in [-0.4, -0.2) is 23.6 Å². The number of carbonyl (C=O) groups is 2. The van der Waals surface area contributed by atoms with Crippen molar-refractivity contribution in [2.45, 2.75) is 26.8 Å². The van der Waals surface area contributed by atoms with Gasteiger partial charge in [0.1, 0.15) is 11.3 Å². The number of nitrogens with one attached hydrogen (secondary N) is 1. The normalized spacial score (nSPS) is 12.0. The molecule has 0 aliphatic heterocycles. The lowest BCUT2D eigenvalue weighted by atomic mass is 10.00. The summed E-state index contributed by atoms with van der Waals surface area (Å²) in [6.07, 6.45) is 0. The topological polar surface area (TPSA) is 81.4 Å². The molecule has 6 heteroatoms. The quantitative estimate of drug-likeness (QED) is 0.711. The van der Waals surface area contributed by atoms with Crippen molar-refractivity contribution in [1.29, 1.82) is 0 Å². The summed E-state index contributed by atoms with van der Waals surface area (Å²) in [5, 5.41) is 8.75. The molecule has 1 amide bonds. The van der Waals surface area contributed by atoms with Crippen LogP contribution < -0.4 is 5.32 Å². The molecule has 6 nitrogen and oxygen atoms in total. The fraction of sp³-hybridized carbons (Fsp3) is 0.250. The van der Waals surface area contributed by atoms with E-state index in [9.17, 15) is 9.59 Å². The molecule has 0 fully saturated rings. The monoisotopic (exact) mass is 352 g/mol. The molecule has 0 spiro atoms. The lowest BCUT2D eigenvalue weighted by Crippen LogP contribution is -2.31. The van der Waals surface area contributed by atoms with Crippen LogP contribution in [0.1, 0.15) is 40.3 Å². The van der Waals surface area contributed by atoms with Crippen LogP contribution in [0.4, 0.5) is 0 Å². The second-order valence-electron chi connectivity index (χ2n) is 6.13. The molecule has 1 N–H and O–H groups in total. The number of amides is 1. The second kappa shape index (κ2) is 7.39. The highest BCUT2D eigenvalue weighted by Crippen LogP contribution is 2.24. The van der Waals surface area contributed by atoms with Crippen LogP contribution in [-0.2, 0) is 9.53 Å². The molecule has 0 aliphatic rings. The molecule has 1 aromatic heterocycles. The van der Waals surface area contributed by atoms with E-state index in [4.69, 9.17) is 9.26 Å². The van der Waals surface area contributed by atoms with Gasteiger partial charge in [-0.25, -0.2) is 4.79 Å². The zero-order valence-corrected chi connectivity index (χ0v) is 14.9. The van der Waals surface area contributed by atoms with Crippen LogP contribution in [0.3, 0.4) is 0 Å². The number of nitrogens with zero attached hydrogens (tertiary/aromatic N) is 1. The Balaban J connectivity index is 1.63. The third-order valence-electron chi connectivity index (χ3n) is 4.24. The van der Waals surface area contributed by atoms with Crippen LogP contribution in [0.15, 0.2) is 47.0 Å². The minimum atomic E-state index is -0.616. The summed E-state index contributed by atoms with van der Waals surface area (Å²) < 4.78 is 10.0. The van der Waals surface area contributed by atoms with Gasteiger partial charge in [0.05, 0.1) is 11.7 Å². The van der Waals surface area contributed by atoms with Gasteiger partial charge in [-0.05, 0) is 37.1 Å². The summed E-state index contributed by atoms with van der Waals surface area (Å²) >= 11 is 0. The predicted octanol–water partition coefficient (Wildman–Crippen LogP) is 3.48. The molecule has 0 aliphatic carbocycles. The molecule has 134 valence electrons. The van der Waals surface area contributed by atoms with Crippen molar-refractivity contribution in [3.8, 4) is 0 Å². The first-order chi connectivity index (χ1) is 12.5. The molecule has 0 saturated carbocycles. The third kappa shape index (κ3) is 3.59. The molecule has 3 aromatic rings. The van der Waals surface area contributed by atoms with E-state index < -0.39 is 5.97 Å². The molecule has 0 saturated heterocycles. The Morgan fingerprint density at radius 2 is 1.88 bits per heavy atom. The fourth-order valence-electron chi connectivity index (χ4n) is 2.97. The zero-order chi connectivity index (χ0) is 18.7. The third-order valence-corrected chi connectivity index (χ3v) is 4.24. The van der Waals surface area contributed by atoms with Crippen molar-refractivity contribution in [3.63, 3.8) is 0 Å². The Kier molecular flexibility index (Phi) is 5.02. The van der Waals surface area contributed by atoms with E-state index >= 15 is 0 Å². The average Bonchev–Trinajstić information content (AvgIpc) is 2.97. The van der Waals surface area contributed by atoms with Crippen molar-refractivity contribution in [1.82, 2.24) is 10.5 Å². The number of aryl methyl sites for hydroxylation is 2. The molecule has 3 rings (SSSR count). The highest BCUT2D eigenvalue weighted by Gasteiger charge is 2.20. The van der Waals surface area contributed by atoms with Gasteiger partial charge >= 0.3 is 5.97 Å². The molecular weight excluding hydrogens is 332 g/mol. The lowest BCUT2D eigenvalue weighted by molar-refractivity contribution is -0.124. The number of carbonyl (C=O) groups excluding carboxylic acids is 2. The number of benzene rings is 2. The Bertz CT molecular complexity index is 937. The van der Waals surface area contributed by atoms with E-state index in [0.29, 0.717) is 11.5 Å². The summed E-state index contributed by atoms with van der Waals surface area (Å²) in [6.45, 7) is 4.81. The van der Waals surface area contributed by atoms with Crippen molar-refractivity contribution in [3.05, 3.63) is 65.0 Å². The van der Waals surface area contributed by atoms with Gasteiger partial charge in [-0.2, -0.15) is 0 Å². The number of esters is 1. The summed E-state index contributed by atoms with van der Waals surface area (Å²) in [5.41, 5.74) is 1.71. The zero-order valence-electron chi connectivity index (χ0n) is 14.9. The van der Waals surface area contributed by atoms with Gasteiger partial charge in [0.15, 0.2) is 6.61 Å². The van der Waals surface area contributed by atoms with Crippen LogP contribution in [0.5, 0.6) is 0 Å². The van der Waals surface area contributed by atoms with Gasteiger partial charge in [0, 0.05) is 0 Å². The van der Waals surface area contributed by atoms with E-state index in [1.165, 1.54) is 0 Å². The molecule has 1 atom stereocenters. The summed E-state index contributed by atoms with van der Waals surface area (Å²) in [7, 11) is 0. The highest BCUT2D eigenvalue weighted by molar-refractivity contribution is 5.93. The Morgan fingerprint density at radius 1 is 1.15 bits per heavy atom. The predicted molar refractivity (Wildman–Crippen MR) is 96.8 cm³/mol. The molecule has 1 unspecified atom stereocenters. The van der Waals surface area contributed by atoms with E-state index in [2.05, 4.69) is 10.5 Å². The first kappa shape index (κ1) is 17.7. The van der Waals surface area contributed by atoms with Crippen molar-refractivity contribution in [2.75, 3.05) is 6.61 Å². The van der Waals surface area contributed by atoms with Crippen LogP contribution in [0, 0.1) is 13.8 Å². The first-order valence-electron chi connectivity index (χ1n) is 8.34. The number of hydrogen-bond acceptors (Lipinski definition) is 5. The maximum atomic E-state index is 12.2. The van der Waals surface area contributed by atoms with Gasteiger partial charge in [0.25, 0.3) is 5.91 Å². The molecular formula is C20H20N2O4. The van der Waals surface area contributed by atoms with E-state index in [0.717, 1.165) is 16.3 Å². The minimum Gasteiger partial charge on any atom is -0.452 e. The fourth-order valence-corrected chi connectivity index (χ4v) is 2.97. The standard InChI is InChI=1S/C20H20N2O4/c1-12(16-10-6-8-15-7-4-5-9-17(15)16)21-18(23)11-25-20(24)19-13(2)22-26-14(19)3/h4-10,12H,11H2,1-3H3,(H,21,23). The van der Waals surface area contributed by atoms with Gasteiger partial charge in [-0.1, -0.05) is 47.6 Å². The van der Waals surface area contributed by atoms with E-state index in [1.807, 2.05) is 49.4 Å². The van der Waals surface area contributed by atoms with Gasteiger partial charge < -0.3 is 14.6 Å². The number of hydrogen-bond donors (Lipinski definition) is 1. The summed E-state index contributed by atoms with van der Waals surface area (Å²) in [4.78, 5) is 24.3. The smallest absolute Gasteiger partial charge is 0.344 e. The van der Waals surface area contributed by atoms with Crippen LogP contribution in [0.2, 0.25) is 0 Å². The molecule has 2 aromatic carbocycles. The summed E-state index contributed by atoms with van der Waals surface area (Å²) in [6, 6.07) is 13.7. The van der Waals surface area contributed by atoms with Crippen LogP contribution in [0.25, 0.3) is 10.8 Å². The SMILES string of the molecule is Cc1noc(C)c1C(=O)OCC(=O)NC(C)c1cccc2ccccc12. The highest BCUT2D eigenvalue weighted by atomic mass is 16.5. The molecule has 26 heavy (non-hydrogen) atoms. The van der Waals surface area contributed by atoms with E-state index in [1.54, 1.807) is 13.8 Å². The Labute approximate surface area is 151 Å². The maximum Gasteiger partial charge on any atom is 0.344 e. The minimum absolute atomic E-state index is 0.216. The number of ether oxygens (including phenoxy) is 1. The maximum absolute atomic E-state index is 12.2. The van der Waals surface area contributed by atoms with Crippen molar-refractivity contribution in [2.24, 2.45) is 0 Å². The molecule has 1 heterocycles. The van der Waals surface area contributed by atoms with Crippen molar-refractivity contribution < 1.29 is 18.8 Å². The average molecular weight is 352 g/mol. The Hall–Kier alpha value is -3.15. The number of fused-ring (bicyclic) bond motifs is 1. The Morgan fingerprint density at radius 3 is 2.62 bits per heavy atom. The number of rotatable bonds is 5. The first-order valence-corrected chi connectivity index (χ1v) is 8.34. The lowest BCUT2D eigenvalue weighted by Gasteiger charge is -2.16. The van der Waals surface area contributed by atoms with Gasteiger partial charge in [-0.3, -0.25) is 4.79 Å². The van der Waals surface area contributed by atoms with E-state index in [-0.39, 0.29) is 24.1 Å². The molecule has 0 bridgehead atoms. The number of aromatic nitrogens is 1. The molecule has 0 radical (unpaired) electrons. The van der Waals surface area contributed by atoms with Crippen molar-refractivity contribution >= 4 is 22.6 Å². The largest absolute Gasteiger partial charge is 0.452 e. The summed E-state index contributed by atoms with van der Waals surface area (Å²) in [5.74, 6) is -0.614.